The Bertz CT molecular complexity index is 2080. The molecule has 0 atom stereocenters. The van der Waals surface area contributed by atoms with Crippen LogP contribution in [-0.2, 0) is 31.1 Å². The van der Waals surface area contributed by atoms with Gasteiger partial charge >= 0.3 is 41.5 Å². The van der Waals surface area contributed by atoms with E-state index in [-0.39, 0.29) is 53.5 Å². The number of rotatable bonds is 16. The van der Waals surface area contributed by atoms with E-state index < -0.39 is 54.5 Å². The van der Waals surface area contributed by atoms with E-state index in [0.29, 0.717) is 25.9 Å². The summed E-state index contributed by atoms with van der Waals surface area (Å²) in [4.78, 5) is 25.4. The molecule has 0 unspecified atom stereocenters. The topological polar surface area (TPSA) is 195 Å². The van der Waals surface area contributed by atoms with Gasteiger partial charge in [-0.3, -0.25) is 0 Å². The second-order valence-electron chi connectivity index (χ2n) is 13.6. The van der Waals surface area contributed by atoms with Crippen molar-refractivity contribution in [1.82, 2.24) is 0 Å². The van der Waals surface area contributed by atoms with Gasteiger partial charge in [0.1, 0.15) is 6.54 Å². The second-order valence-corrected chi connectivity index (χ2v) is 16.7. The van der Waals surface area contributed by atoms with Gasteiger partial charge in [0.05, 0.1) is 36.8 Å². The minimum absolute atomic E-state index is 0. The molecule has 2 N–H and O–H groups in total. The molecule has 52 heavy (non-hydrogen) atoms. The smallest absolute Gasteiger partial charge is 0.748 e. The predicted molar refractivity (Wildman–Crippen MR) is 193 cm³/mol. The number of carbonyl (C=O) groups is 2. The summed E-state index contributed by atoms with van der Waals surface area (Å²) in [5.41, 5.74) is 4.23. The Morgan fingerprint density at radius 2 is 1.29 bits per heavy atom. The third kappa shape index (κ3) is 10.4. The first-order valence-corrected chi connectivity index (χ1v) is 19.7. The number of hydrogen-bond acceptors (Lipinski definition) is 9. The largest absolute Gasteiger partial charge is 1.00 e. The maximum absolute atomic E-state index is 11.7. The van der Waals surface area contributed by atoms with Crippen molar-refractivity contribution in [3.8, 4) is 0 Å². The fourth-order valence-corrected chi connectivity index (χ4v) is 7.80. The van der Waals surface area contributed by atoms with Gasteiger partial charge < -0.3 is 24.2 Å². The third-order valence-electron chi connectivity index (χ3n) is 9.28. The SMILES string of the molecule is CC1(C)C(/C=C/C=C/C=C/C=C2\N(CCCCS(=O)(=O)[O-])c3ccc(C(=O)O)cc3C2(C)C)=[N+](CCCCS(=O)(=O)[O-])c2ccc(C(=O)O)cc21.[Na+]. The first kappa shape index (κ1) is 43.0. The molecule has 0 bridgehead atoms. The first-order valence-electron chi connectivity index (χ1n) is 16.5. The van der Waals surface area contributed by atoms with E-state index in [2.05, 4.69) is 0 Å². The summed E-state index contributed by atoms with van der Waals surface area (Å²) in [6.45, 7) is 8.82. The Hall–Kier alpha value is -3.37. The number of aromatic carboxylic acids is 2. The zero-order valence-corrected chi connectivity index (χ0v) is 33.7. The van der Waals surface area contributed by atoms with Crippen LogP contribution in [0.3, 0.4) is 0 Å². The molecule has 2 aromatic rings. The van der Waals surface area contributed by atoms with Crippen molar-refractivity contribution in [2.24, 2.45) is 0 Å². The molecule has 2 aliphatic rings. The van der Waals surface area contributed by atoms with Gasteiger partial charge in [0.15, 0.2) is 5.71 Å². The Morgan fingerprint density at radius 3 is 1.88 bits per heavy atom. The molecule has 0 saturated carbocycles. The fourth-order valence-electron chi connectivity index (χ4n) is 6.68. The van der Waals surface area contributed by atoms with E-state index in [1.807, 2.05) is 79.7 Å². The Balaban J connectivity index is 0.00000729. The number of unbranched alkanes of at least 4 members (excludes halogenated alkanes) is 2. The standard InChI is InChI=1S/C37H44N2O10S2.Na/c1-36(2)28-24-26(34(40)41)16-18-30(28)38(20-10-12-22-50(44,45)46)32(36)14-8-6-5-7-9-15-33-37(3,4)29-25-27(35(42)43)17-19-31(29)39(33)21-11-13-23-51(47,48)49;/h5-9,14-19,24-25H,10-13,20-23H2,1-4H3,(H3-,40,41,42,43,44,45,46,47,48,49);/q;+1/p-1. The third-order valence-corrected chi connectivity index (χ3v) is 10.9. The van der Waals surface area contributed by atoms with Crippen LogP contribution in [0.1, 0.15) is 85.2 Å². The fraction of sp³-hybridized carbons (Fsp3) is 0.378. The molecule has 0 spiro atoms. The molecule has 0 saturated heterocycles. The number of allylic oxidation sites excluding steroid dienone is 8. The molecule has 2 heterocycles. The summed E-state index contributed by atoms with van der Waals surface area (Å²) < 4.78 is 68.8. The molecule has 0 aliphatic carbocycles. The predicted octanol–water partition coefficient (Wildman–Crippen LogP) is 2.46. The maximum atomic E-state index is 11.7. The molecule has 2 aromatic carbocycles. The van der Waals surface area contributed by atoms with Crippen molar-refractivity contribution in [2.75, 3.05) is 29.5 Å². The van der Waals surface area contributed by atoms with Crippen molar-refractivity contribution >= 4 is 49.3 Å². The summed E-state index contributed by atoms with van der Waals surface area (Å²) in [6, 6.07) is 9.87. The molecule has 0 aromatic heterocycles. The average Bonchev–Trinajstić information content (AvgIpc) is 3.37. The molecule has 15 heteroatoms. The molecule has 274 valence electrons. The van der Waals surface area contributed by atoms with E-state index in [9.17, 15) is 45.7 Å². The van der Waals surface area contributed by atoms with Crippen LogP contribution in [-0.4, -0.2) is 83.0 Å². The van der Waals surface area contributed by atoms with Gasteiger partial charge in [-0.05, 0) is 75.1 Å². The minimum atomic E-state index is -4.33. The number of carboxylic acids is 2. The number of nitrogens with zero attached hydrogens (tertiary/aromatic N) is 2. The average molecular weight is 763 g/mol. The minimum Gasteiger partial charge on any atom is -0.748 e. The summed E-state index contributed by atoms with van der Waals surface area (Å²) in [5.74, 6) is -2.99. The molecule has 12 nitrogen and oxygen atoms in total. The Kier molecular flexibility index (Phi) is 14.2. The Morgan fingerprint density at radius 1 is 0.750 bits per heavy atom. The van der Waals surface area contributed by atoms with Gasteiger partial charge in [0.2, 0.25) is 5.69 Å². The van der Waals surface area contributed by atoms with Crippen LogP contribution in [0.5, 0.6) is 0 Å². The molecule has 4 rings (SSSR count). The summed E-state index contributed by atoms with van der Waals surface area (Å²) in [5, 5.41) is 19.2. The van der Waals surface area contributed by atoms with Gasteiger partial charge in [-0.25, -0.2) is 26.4 Å². The van der Waals surface area contributed by atoms with Crippen molar-refractivity contribution < 1.29 is 79.9 Å². The van der Waals surface area contributed by atoms with Gasteiger partial charge in [0.25, 0.3) is 0 Å². The van der Waals surface area contributed by atoms with E-state index >= 15 is 0 Å². The first-order chi connectivity index (χ1) is 23.7. The molecular weight excluding hydrogens is 720 g/mol. The molecular formula is C37H43N2NaO10S2. The Labute approximate surface area is 327 Å². The van der Waals surface area contributed by atoms with Crippen LogP contribution in [0, 0.1) is 0 Å². The van der Waals surface area contributed by atoms with Crippen molar-refractivity contribution in [1.29, 1.82) is 0 Å². The number of benzene rings is 2. The second kappa shape index (κ2) is 17.2. The van der Waals surface area contributed by atoms with Crippen molar-refractivity contribution in [3.05, 3.63) is 107 Å². The van der Waals surface area contributed by atoms with Crippen molar-refractivity contribution in [2.45, 2.75) is 64.2 Å². The van der Waals surface area contributed by atoms with Crippen molar-refractivity contribution in [3.63, 3.8) is 0 Å². The summed E-state index contributed by atoms with van der Waals surface area (Å²) >= 11 is 0. The van der Waals surface area contributed by atoms with E-state index in [1.54, 1.807) is 24.3 Å². The number of anilines is 1. The number of fused-ring (bicyclic) bond motifs is 2. The quantitative estimate of drug-likeness (QED) is 0.0839. The van der Waals surface area contributed by atoms with Crippen LogP contribution >= 0.6 is 0 Å². The summed E-state index contributed by atoms with van der Waals surface area (Å²) in [6.07, 6.45) is 14.3. The molecule has 0 fully saturated rings. The molecule has 0 amide bonds. The monoisotopic (exact) mass is 762 g/mol. The zero-order valence-electron chi connectivity index (χ0n) is 30.0. The van der Waals surface area contributed by atoms with E-state index in [4.69, 9.17) is 0 Å². The number of hydrogen-bond donors (Lipinski definition) is 2. The van der Waals surface area contributed by atoms with Crippen LogP contribution in [0.25, 0.3) is 0 Å². The normalized spacial score (nSPS) is 17.3. The number of carboxylic acid groups (broad SMARTS) is 2. The van der Waals surface area contributed by atoms with Crippen LogP contribution in [0.4, 0.5) is 11.4 Å². The summed E-state index contributed by atoms with van der Waals surface area (Å²) in [7, 11) is -8.66. The van der Waals surface area contributed by atoms with Crippen LogP contribution < -0.4 is 34.5 Å². The van der Waals surface area contributed by atoms with E-state index in [0.717, 1.165) is 33.9 Å². The zero-order chi connectivity index (χ0) is 37.8. The molecule has 0 radical (unpaired) electrons. The van der Waals surface area contributed by atoms with Gasteiger partial charge in [-0.1, -0.05) is 44.2 Å². The van der Waals surface area contributed by atoms with Gasteiger partial charge in [0, 0.05) is 59.0 Å². The molecule has 2 aliphatic heterocycles. The van der Waals surface area contributed by atoms with E-state index in [1.165, 1.54) is 12.1 Å². The van der Waals surface area contributed by atoms with Gasteiger partial charge in [-0.2, -0.15) is 4.58 Å². The van der Waals surface area contributed by atoms with Gasteiger partial charge in [-0.15, -0.1) is 0 Å². The van der Waals surface area contributed by atoms with Crippen LogP contribution in [0.15, 0.2) is 84.6 Å². The van der Waals surface area contributed by atoms with Crippen LogP contribution in [0.2, 0.25) is 0 Å². The maximum Gasteiger partial charge on any atom is 1.00 e.